The van der Waals surface area contributed by atoms with E-state index >= 15 is 0 Å². The molecule has 3 aromatic rings. The van der Waals surface area contributed by atoms with Gasteiger partial charge in [0.2, 0.25) is 0 Å². The summed E-state index contributed by atoms with van der Waals surface area (Å²) in [6.45, 7) is 4.01. The normalized spacial score (nSPS) is 11.3. The lowest BCUT2D eigenvalue weighted by Gasteiger charge is -2.10. The van der Waals surface area contributed by atoms with E-state index in [0.717, 1.165) is 22.7 Å². The molecule has 2 N–H and O–H groups in total. The molecule has 0 fully saturated rings. The van der Waals surface area contributed by atoms with Gasteiger partial charge in [-0.1, -0.05) is 19.1 Å². The van der Waals surface area contributed by atoms with Crippen LogP contribution >= 0.6 is 11.3 Å². The van der Waals surface area contributed by atoms with Crippen LogP contribution in [0.25, 0.3) is 0 Å². The molecular formula is C19H20N2O2S2. The second-order valence-electron chi connectivity index (χ2n) is 5.72. The standard InChI is InChI=1S/C19H20N2O2S2/c1-3-15-5-7-16(8-6-15)20-17-9-11-18(12-10-17)21-25(22,23)19-13-4-14(2)24-19/h4-13,20-21H,3H2,1-2H3. The van der Waals surface area contributed by atoms with E-state index < -0.39 is 10.0 Å². The summed E-state index contributed by atoms with van der Waals surface area (Å²) in [7, 11) is -3.52. The van der Waals surface area contributed by atoms with Gasteiger partial charge in [-0.25, -0.2) is 8.42 Å². The highest BCUT2D eigenvalue weighted by Crippen LogP contribution is 2.25. The third kappa shape index (κ3) is 4.41. The minimum Gasteiger partial charge on any atom is -0.356 e. The van der Waals surface area contributed by atoms with Crippen molar-refractivity contribution in [2.75, 3.05) is 10.0 Å². The third-order valence-corrected chi connectivity index (χ3v) is 6.64. The number of hydrogen-bond acceptors (Lipinski definition) is 4. The van der Waals surface area contributed by atoms with Crippen LogP contribution in [0.15, 0.2) is 64.9 Å². The Morgan fingerprint density at radius 3 is 1.92 bits per heavy atom. The van der Waals surface area contributed by atoms with Crippen LogP contribution in [0.4, 0.5) is 17.1 Å². The van der Waals surface area contributed by atoms with E-state index in [2.05, 4.69) is 29.1 Å². The van der Waals surface area contributed by atoms with Crippen LogP contribution < -0.4 is 10.0 Å². The van der Waals surface area contributed by atoms with Crippen LogP contribution in [0.2, 0.25) is 0 Å². The van der Waals surface area contributed by atoms with Crippen LogP contribution in [-0.4, -0.2) is 8.42 Å². The molecule has 0 radical (unpaired) electrons. The predicted octanol–water partition coefficient (Wildman–Crippen LogP) is 5.16. The Hall–Kier alpha value is -2.31. The summed E-state index contributed by atoms with van der Waals surface area (Å²) < 4.78 is 27.6. The van der Waals surface area contributed by atoms with E-state index in [1.807, 2.05) is 31.2 Å². The summed E-state index contributed by atoms with van der Waals surface area (Å²) in [5.41, 5.74) is 3.73. The number of benzene rings is 2. The number of sulfonamides is 1. The number of nitrogens with one attached hydrogen (secondary N) is 2. The molecule has 2 aromatic carbocycles. The maximum Gasteiger partial charge on any atom is 0.271 e. The zero-order chi connectivity index (χ0) is 17.9. The first-order valence-electron chi connectivity index (χ1n) is 8.01. The van der Waals surface area contributed by atoms with Crippen LogP contribution in [0.3, 0.4) is 0 Å². The lowest BCUT2D eigenvalue weighted by molar-refractivity contribution is 0.603. The Morgan fingerprint density at radius 1 is 0.840 bits per heavy atom. The van der Waals surface area contributed by atoms with Crippen LogP contribution in [-0.2, 0) is 16.4 Å². The summed E-state index contributed by atoms with van der Waals surface area (Å²) in [4.78, 5) is 0.967. The van der Waals surface area contributed by atoms with Crippen LogP contribution in [0, 0.1) is 6.92 Å². The monoisotopic (exact) mass is 372 g/mol. The van der Waals surface area contributed by atoms with Gasteiger partial charge in [-0.2, -0.15) is 0 Å². The lowest BCUT2D eigenvalue weighted by Crippen LogP contribution is -2.11. The maximum absolute atomic E-state index is 12.3. The van der Waals surface area contributed by atoms with Crippen molar-refractivity contribution in [3.63, 3.8) is 0 Å². The zero-order valence-electron chi connectivity index (χ0n) is 14.1. The van der Waals surface area contributed by atoms with E-state index in [0.29, 0.717) is 9.90 Å². The summed E-state index contributed by atoms with van der Waals surface area (Å²) in [5, 5.41) is 3.31. The minimum absolute atomic E-state index is 0.322. The number of rotatable bonds is 6. The van der Waals surface area contributed by atoms with Gasteiger partial charge in [0, 0.05) is 21.9 Å². The van der Waals surface area contributed by atoms with Crippen molar-refractivity contribution >= 4 is 38.4 Å². The fourth-order valence-corrected chi connectivity index (χ4v) is 4.72. The number of aryl methyl sites for hydroxylation is 2. The van der Waals surface area contributed by atoms with Gasteiger partial charge in [-0.05, 0) is 67.4 Å². The fourth-order valence-electron chi connectivity index (χ4n) is 2.37. The molecule has 0 spiro atoms. The van der Waals surface area contributed by atoms with Crippen molar-refractivity contribution in [2.24, 2.45) is 0 Å². The molecule has 3 rings (SSSR count). The Morgan fingerprint density at radius 2 is 1.40 bits per heavy atom. The molecule has 0 bridgehead atoms. The quantitative estimate of drug-likeness (QED) is 0.628. The molecule has 1 heterocycles. The lowest BCUT2D eigenvalue weighted by atomic mass is 10.1. The molecule has 6 heteroatoms. The van der Waals surface area contributed by atoms with Crippen molar-refractivity contribution in [1.82, 2.24) is 0 Å². The molecular weight excluding hydrogens is 352 g/mol. The molecule has 130 valence electrons. The first-order chi connectivity index (χ1) is 12.0. The van der Waals surface area contributed by atoms with E-state index in [9.17, 15) is 8.42 Å². The van der Waals surface area contributed by atoms with Crippen LogP contribution in [0.1, 0.15) is 17.4 Å². The fraction of sp³-hybridized carbons (Fsp3) is 0.158. The van der Waals surface area contributed by atoms with Crippen molar-refractivity contribution < 1.29 is 8.42 Å². The Kier molecular flexibility index (Phi) is 5.11. The summed E-state index contributed by atoms with van der Waals surface area (Å²) in [5.74, 6) is 0. The molecule has 1 aromatic heterocycles. The number of hydrogen-bond donors (Lipinski definition) is 2. The molecule has 25 heavy (non-hydrogen) atoms. The zero-order valence-corrected chi connectivity index (χ0v) is 15.7. The highest BCUT2D eigenvalue weighted by molar-refractivity contribution is 7.94. The molecule has 0 saturated carbocycles. The van der Waals surface area contributed by atoms with Crippen molar-refractivity contribution in [3.05, 3.63) is 71.1 Å². The topological polar surface area (TPSA) is 58.2 Å². The predicted molar refractivity (Wildman–Crippen MR) is 105 cm³/mol. The van der Waals surface area contributed by atoms with E-state index in [1.165, 1.54) is 16.9 Å². The number of thiophene rings is 1. The van der Waals surface area contributed by atoms with E-state index in [-0.39, 0.29) is 0 Å². The minimum atomic E-state index is -3.52. The average molecular weight is 373 g/mol. The summed E-state index contributed by atoms with van der Waals surface area (Å²) in [6.07, 6.45) is 1.01. The molecule has 0 amide bonds. The average Bonchev–Trinajstić information content (AvgIpc) is 3.05. The Balaban J connectivity index is 1.69. The molecule has 0 unspecified atom stereocenters. The second-order valence-corrected chi connectivity index (χ2v) is 8.92. The molecule has 4 nitrogen and oxygen atoms in total. The molecule has 0 aliphatic carbocycles. The highest BCUT2D eigenvalue weighted by Gasteiger charge is 2.16. The molecule has 0 saturated heterocycles. The van der Waals surface area contributed by atoms with Crippen molar-refractivity contribution in [3.8, 4) is 0 Å². The summed E-state index contributed by atoms with van der Waals surface area (Å²) >= 11 is 1.26. The summed E-state index contributed by atoms with van der Waals surface area (Å²) in [6, 6.07) is 18.9. The van der Waals surface area contributed by atoms with Gasteiger partial charge in [0.05, 0.1) is 0 Å². The SMILES string of the molecule is CCc1ccc(Nc2ccc(NS(=O)(=O)c3ccc(C)s3)cc2)cc1. The molecule has 0 atom stereocenters. The first-order valence-corrected chi connectivity index (χ1v) is 10.3. The van der Waals surface area contributed by atoms with E-state index in [4.69, 9.17) is 0 Å². The van der Waals surface area contributed by atoms with E-state index in [1.54, 1.807) is 24.3 Å². The van der Waals surface area contributed by atoms with Crippen LogP contribution in [0.5, 0.6) is 0 Å². The largest absolute Gasteiger partial charge is 0.356 e. The van der Waals surface area contributed by atoms with Gasteiger partial charge in [-0.15, -0.1) is 11.3 Å². The molecule has 0 aliphatic heterocycles. The third-order valence-electron chi connectivity index (χ3n) is 3.77. The highest BCUT2D eigenvalue weighted by atomic mass is 32.2. The Labute approximate surface area is 152 Å². The second kappa shape index (κ2) is 7.29. The first kappa shape index (κ1) is 17.5. The van der Waals surface area contributed by atoms with Gasteiger partial charge < -0.3 is 5.32 Å². The number of anilines is 3. The van der Waals surface area contributed by atoms with Gasteiger partial charge in [0.1, 0.15) is 4.21 Å². The maximum atomic E-state index is 12.3. The van der Waals surface area contributed by atoms with Crippen molar-refractivity contribution in [1.29, 1.82) is 0 Å². The van der Waals surface area contributed by atoms with Gasteiger partial charge in [0.25, 0.3) is 10.0 Å². The smallest absolute Gasteiger partial charge is 0.271 e. The molecule has 0 aliphatic rings. The van der Waals surface area contributed by atoms with Gasteiger partial charge in [0.15, 0.2) is 0 Å². The van der Waals surface area contributed by atoms with Crippen molar-refractivity contribution in [2.45, 2.75) is 24.5 Å². The van der Waals surface area contributed by atoms with Gasteiger partial charge in [-0.3, -0.25) is 4.72 Å². The Bertz CT molecular complexity index is 944. The van der Waals surface area contributed by atoms with Gasteiger partial charge >= 0.3 is 0 Å².